The van der Waals surface area contributed by atoms with Gasteiger partial charge in [0.1, 0.15) is 5.75 Å². The number of carbonyl (C=O) groups is 2. The van der Waals surface area contributed by atoms with Crippen LogP contribution >= 0.6 is 0 Å². The maximum Gasteiger partial charge on any atom is 0.260 e. The molecular weight excluding hydrogens is 232 g/mol. The van der Waals surface area contributed by atoms with Crippen molar-refractivity contribution in [1.29, 1.82) is 0 Å². The van der Waals surface area contributed by atoms with Crippen molar-refractivity contribution in [2.24, 2.45) is 11.7 Å². The first-order valence-corrected chi connectivity index (χ1v) is 6.03. The number of fused-ring (bicyclic) bond motifs is 1. The molecule has 0 spiro atoms. The summed E-state index contributed by atoms with van der Waals surface area (Å²) in [4.78, 5) is 25.1. The second kappa shape index (κ2) is 4.01. The third kappa shape index (κ3) is 1.81. The van der Waals surface area contributed by atoms with Crippen LogP contribution in [-0.4, -0.2) is 24.5 Å². The van der Waals surface area contributed by atoms with Crippen LogP contribution in [0, 0.1) is 5.92 Å². The standard InChI is InChI=1S/C13H14N2O3/c14-12(16)11-7-15(13(17)8-5-6-8)9-3-1-2-4-10(9)18-11/h1-4,8,11H,5-7H2,(H2,14,16)/t11-/m0/s1. The van der Waals surface area contributed by atoms with E-state index in [-0.39, 0.29) is 18.4 Å². The number of primary amides is 1. The summed E-state index contributed by atoms with van der Waals surface area (Å²) in [6.45, 7) is 0.210. The molecule has 5 heteroatoms. The van der Waals surface area contributed by atoms with Crippen LogP contribution in [0.1, 0.15) is 12.8 Å². The van der Waals surface area contributed by atoms with E-state index in [1.165, 1.54) is 0 Å². The second-order valence-electron chi connectivity index (χ2n) is 4.70. The fraction of sp³-hybridized carbons (Fsp3) is 0.385. The van der Waals surface area contributed by atoms with E-state index in [9.17, 15) is 9.59 Å². The quantitative estimate of drug-likeness (QED) is 0.833. The third-order valence-electron chi connectivity index (χ3n) is 3.28. The Hall–Kier alpha value is -2.04. The number of ether oxygens (including phenoxy) is 1. The number of anilines is 1. The molecule has 94 valence electrons. The Labute approximate surface area is 105 Å². The average Bonchev–Trinajstić information content (AvgIpc) is 3.20. The molecule has 3 rings (SSSR count). The summed E-state index contributed by atoms with van der Waals surface area (Å²) in [5.41, 5.74) is 6.01. The SMILES string of the molecule is NC(=O)[C@@H]1CN(C(=O)C2CC2)c2ccccc2O1. The van der Waals surface area contributed by atoms with Crippen LogP contribution in [0.4, 0.5) is 5.69 Å². The summed E-state index contributed by atoms with van der Waals surface area (Å²) in [6.07, 6.45) is 1.10. The molecule has 0 radical (unpaired) electrons. The number of nitrogens with two attached hydrogens (primary N) is 1. The van der Waals surface area contributed by atoms with Crippen LogP contribution in [-0.2, 0) is 9.59 Å². The molecule has 0 unspecified atom stereocenters. The highest BCUT2D eigenvalue weighted by atomic mass is 16.5. The molecule has 1 heterocycles. The first-order chi connectivity index (χ1) is 8.66. The predicted molar refractivity (Wildman–Crippen MR) is 65.1 cm³/mol. The topological polar surface area (TPSA) is 72.6 Å². The minimum atomic E-state index is -0.761. The number of hydrogen-bond acceptors (Lipinski definition) is 3. The first-order valence-electron chi connectivity index (χ1n) is 6.03. The Balaban J connectivity index is 1.96. The largest absolute Gasteiger partial charge is 0.477 e. The first kappa shape index (κ1) is 11.1. The lowest BCUT2D eigenvalue weighted by Gasteiger charge is -2.33. The molecule has 5 nitrogen and oxygen atoms in total. The van der Waals surface area contributed by atoms with Gasteiger partial charge in [-0.25, -0.2) is 0 Å². The van der Waals surface area contributed by atoms with Gasteiger partial charge in [0.25, 0.3) is 5.91 Å². The smallest absolute Gasteiger partial charge is 0.260 e. The molecule has 1 saturated carbocycles. The molecule has 1 fully saturated rings. The molecule has 1 aliphatic heterocycles. The summed E-state index contributed by atoms with van der Waals surface area (Å²) in [5.74, 6) is 0.168. The lowest BCUT2D eigenvalue weighted by molar-refractivity contribution is -0.125. The van der Waals surface area contributed by atoms with E-state index in [1.54, 1.807) is 11.0 Å². The Morgan fingerprint density at radius 3 is 2.67 bits per heavy atom. The highest BCUT2D eigenvalue weighted by Gasteiger charge is 2.39. The number of benzene rings is 1. The minimum absolute atomic E-state index is 0.0667. The van der Waals surface area contributed by atoms with Crippen molar-refractivity contribution in [2.75, 3.05) is 11.4 Å². The lowest BCUT2D eigenvalue weighted by Crippen LogP contribution is -2.49. The fourth-order valence-corrected chi connectivity index (χ4v) is 2.14. The van der Waals surface area contributed by atoms with Crippen LogP contribution < -0.4 is 15.4 Å². The number of carbonyl (C=O) groups excluding carboxylic acids is 2. The van der Waals surface area contributed by atoms with Crippen molar-refractivity contribution in [3.05, 3.63) is 24.3 Å². The van der Waals surface area contributed by atoms with Crippen molar-refractivity contribution < 1.29 is 14.3 Å². The van der Waals surface area contributed by atoms with Crippen molar-refractivity contribution in [1.82, 2.24) is 0 Å². The van der Waals surface area contributed by atoms with Gasteiger partial charge in [-0.1, -0.05) is 12.1 Å². The molecule has 1 aromatic rings. The molecule has 1 atom stereocenters. The van der Waals surface area contributed by atoms with Gasteiger partial charge >= 0.3 is 0 Å². The van der Waals surface area contributed by atoms with Gasteiger partial charge in [-0.2, -0.15) is 0 Å². The molecule has 0 saturated heterocycles. The zero-order valence-corrected chi connectivity index (χ0v) is 9.83. The van der Waals surface area contributed by atoms with E-state index in [0.29, 0.717) is 5.75 Å². The van der Waals surface area contributed by atoms with Crippen LogP contribution in [0.25, 0.3) is 0 Å². The van der Waals surface area contributed by atoms with Crippen molar-refractivity contribution in [2.45, 2.75) is 18.9 Å². The van der Waals surface area contributed by atoms with E-state index in [2.05, 4.69) is 0 Å². The summed E-state index contributed by atoms with van der Waals surface area (Å²) in [7, 11) is 0. The zero-order valence-electron chi connectivity index (χ0n) is 9.83. The van der Waals surface area contributed by atoms with Crippen molar-refractivity contribution in [3.8, 4) is 5.75 Å². The van der Waals surface area contributed by atoms with Gasteiger partial charge in [0.15, 0.2) is 6.10 Å². The molecule has 2 amide bonds. The average molecular weight is 246 g/mol. The van der Waals surface area contributed by atoms with Crippen molar-refractivity contribution >= 4 is 17.5 Å². The molecule has 0 bridgehead atoms. The Bertz CT molecular complexity index is 511. The highest BCUT2D eigenvalue weighted by Crippen LogP contribution is 2.38. The van der Waals surface area contributed by atoms with E-state index in [1.807, 2.05) is 18.2 Å². The van der Waals surface area contributed by atoms with Crippen LogP contribution in [0.2, 0.25) is 0 Å². The van der Waals surface area contributed by atoms with Crippen LogP contribution in [0.15, 0.2) is 24.3 Å². The minimum Gasteiger partial charge on any atom is -0.477 e. The summed E-state index contributed by atoms with van der Waals surface area (Å²) < 4.78 is 5.51. The number of amides is 2. The van der Waals surface area contributed by atoms with E-state index < -0.39 is 12.0 Å². The summed E-state index contributed by atoms with van der Waals surface area (Å²) >= 11 is 0. The lowest BCUT2D eigenvalue weighted by atomic mass is 10.1. The predicted octanol–water partition coefficient (Wildman–Crippen LogP) is 0.676. The zero-order chi connectivity index (χ0) is 12.7. The van der Waals surface area contributed by atoms with Gasteiger partial charge in [0, 0.05) is 5.92 Å². The van der Waals surface area contributed by atoms with Gasteiger partial charge in [-0.3, -0.25) is 9.59 Å². The molecule has 1 aromatic carbocycles. The summed E-state index contributed by atoms with van der Waals surface area (Å²) in [5, 5.41) is 0. The third-order valence-corrected chi connectivity index (χ3v) is 3.28. The number of para-hydroxylation sites is 2. The molecule has 0 aromatic heterocycles. The van der Waals surface area contributed by atoms with E-state index >= 15 is 0 Å². The van der Waals surface area contributed by atoms with Gasteiger partial charge in [-0.05, 0) is 25.0 Å². The molecule has 2 N–H and O–H groups in total. The monoisotopic (exact) mass is 246 g/mol. The van der Waals surface area contributed by atoms with Gasteiger partial charge in [0.2, 0.25) is 5.91 Å². The molecule has 18 heavy (non-hydrogen) atoms. The molecule has 2 aliphatic rings. The maximum atomic E-state index is 12.2. The van der Waals surface area contributed by atoms with Crippen LogP contribution in [0.5, 0.6) is 5.75 Å². The van der Waals surface area contributed by atoms with E-state index in [4.69, 9.17) is 10.5 Å². The number of rotatable bonds is 2. The van der Waals surface area contributed by atoms with Gasteiger partial charge in [-0.15, -0.1) is 0 Å². The fourth-order valence-electron chi connectivity index (χ4n) is 2.14. The van der Waals surface area contributed by atoms with Gasteiger partial charge in [0.05, 0.1) is 12.2 Å². The van der Waals surface area contributed by atoms with E-state index in [0.717, 1.165) is 18.5 Å². The normalized spacial score (nSPS) is 22.0. The molecule has 1 aliphatic carbocycles. The second-order valence-corrected chi connectivity index (χ2v) is 4.70. The van der Waals surface area contributed by atoms with Crippen LogP contribution in [0.3, 0.4) is 0 Å². The Kier molecular flexibility index (Phi) is 2.47. The number of hydrogen-bond donors (Lipinski definition) is 1. The molecular formula is C13H14N2O3. The Morgan fingerprint density at radius 2 is 2.00 bits per heavy atom. The summed E-state index contributed by atoms with van der Waals surface area (Å²) in [6, 6.07) is 7.23. The Morgan fingerprint density at radius 1 is 1.28 bits per heavy atom. The number of nitrogens with zero attached hydrogens (tertiary/aromatic N) is 1. The van der Waals surface area contributed by atoms with Gasteiger partial charge < -0.3 is 15.4 Å². The van der Waals surface area contributed by atoms with Crippen molar-refractivity contribution in [3.63, 3.8) is 0 Å². The maximum absolute atomic E-state index is 12.2. The highest BCUT2D eigenvalue weighted by molar-refractivity contribution is 5.99.